The van der Waals surface area contributed by atoms with Crippen LogP contribution in [0.15, 0.2) is 18.3 Å². The van der Waals surface area contributed by atoms with Crippen LogP contribution in [0.5, 0.6) is 0 Å². The summed E-state index contributed by atoms with van der Waals surface area (Å²) in [6.45, 7) is 4.03. The van der Waals surface area contributed by atoms with Crippen molar-refractivity contribution >= 4 is 11.7 Å². The van der Waals surface area contributed by atoms with Crippen LogP contribution in [0.3, 0.4) is 0 Å². The highest BCUT2D eigenvalue weighted by molar-refractivity contribution is 5.93. The average molecular weight is 220 g/mol. The van der Waals surface area contributed by atoms with Crippen LogP contribution in [0, 0.1) is 0 Å². The summed E-state index contributed by atoms with van der Waals surface area (Å²) in [7, 11) is 0. The molecule has 1 unspecified atom stereocenters. The first-order valence-corrected chi connectivity index (χ1v) is 5.34. The van der Waals surface area contributed by atoms with Crippen LogP contribution in [-0.2, 0) is 0 Å². The van der Waals surface area contributed by atoms with Crippen LogP contribution in [0.4, 0.5) is 5.82 Å². The van der Waals surface area contributed by atoms with E-state index < -0.39 is 5.91 Å². The lowest BCUT2D eigenvalue weighted by atomic mass is 10.0. The SMILES string of the molecule is CC1(Nc2cc(C(N)=O)ccn2)CCNC1. The number of rotatable bonds is 3. The molecule has 2 rings (SSSR count). The minimum atomic E-state index is -0.430. The standard InChI is InChI=1S/C11H16N4O/c1-11(3-5-13-7-11)15-9-6-8(10(12)16)2-4-14-9/h2,4,6,13H,3,5,7H2,1H3,(H2,12,16)(H,14,15). The van der Waals surface area contributed by atoms with Crippen LogP contribution in [0.1, 0.15) is 23.7 Å². The van der Waals surface area contributed by atoms with Crippen molar-refractivity contribution in [3.8, 4) is 0 Å². The van der Waals surface area contributed by atoms with Crippen molar-refractivity contribution < 1.29 is 4.79 Å². The van der Waals surface area contributed by atoms with Crippen LogP contribution in [-0.4, -0.2) is 29.5 Å². The summed E-state index contributed by atoms with van der Waals surface area (Å²) in [6, 6.07) is 3.30. The molecule has 4 N–H and O–H groups in total. The van der Waals surface area contributed by atoms with E-state index in [-0.39, 0.29) is 5.54 Å². The summed E-state index contributed by atoms with van der Waals surface area (Å²) < 4.78 is 0. The molecule has 1 atom stereocenters. The minimum Gasteiger partial charge on any atom is -0.366 e. The lowest BCUT2D eigenvalue weighted by Gasteiger charge is -2.25. The maximum atomic E-state index is 11.0. The number of primary amides is 1. The molecule has 1 aliphatic heterocycles. The molecule has 0 aliphatic carbocycles. The minimum absolute atomic E-state index is 0.00324. The Bertz CT molecular complexity index is 399. The zero-order valence-corrected chi connectivity index (χ0v) is 9.29. The normalized spacial score (nSPS) is 24.3. The van der Waals surface area contributed by atoms with E-state index in [1.165, 1.54) is 0 Å². The van der Waals surface area contributed by atoms with Gasteiger partial charge in [0.15, 0.2) is 0 Å². The Morgan fingerprint density at radius 2 is 2.50 bits per heavy atom. The van der Waals surface area contributed by atoms with E-state index in [1.807, 2.05) is 0 Å². The van der Waals surface area contributed by atoms with E-state index in [0.717, 1.165) is 19.5 Å². The van der Waals surface area contributed by atoms with Gasteiger partial charge in [-0.3, -0.25) is 4.79 Å². The molecule has 16 heavy (non-hydrogen) atoms. The predicted octanol–water partition coefficient (Wildman–Crippen LogP) is 0.344. The number of hydrogen-bond acceptors (Lipinski definition) is 4. The van der Waals surface area contributed by atoms with Crippen molar-refractivity contribution in [2.24, 2.45) is 5.73 Å². The van der Waals surface area contributed by atoms with E-state index in [9.17, 15) is 4.79 Å². The first-order chi connectivity index (χ1) is 7.59. The number of carbonyl (C=O) groups excluding carboxylic acids is 1. The number of pyridine rings is 1. The smallest absolute Gasteiger partial charge is 0.248 e. The number of nitrogens with two attached hydrogens (primary N) is 1. The molecular weight excluding hydrogens is 204 g/mol. The molecule has 0 radical (unpaired) electrons. The van der Waals surface area contributed by atoms with Crippen molar-refractivity contribution in [3.05, 3.63) is 23.9 Å². The zero-order chi connectivity index (χ0) is 11.6. The Morgan fingerprint density at radius 1 is 1.69 bits per heavy atom. The van der Waals surface area contributed by atoms with Gasteiger partial charge in [-0.05, 0) is 32.0 Å². The van der Waals surface area contributed by atoms with E-state index >= 15 is 0 Å². The van der Waals surface area contributed by atoms with Crippen molar-refractivity contribution in [1.82, 2.24) is 10.3 Å². The van der Waals surface area contributed by atoms with Gasteiger partial charge < -0.3 is 16.4 Å². The zero-order valence-electron chi connectivity index (χ0n) is 9.29. The van der Waals surface area contributed by atoms with Gasteiger partial charge in [0.25, 0.3) is 0 Å². The molecule has 0 saturated carbocycles. The van der Waals surface area contributed by atoms with Crippen LogP contribution in [0.2, 0.25) is 0 Å². The molecule has 1 aliphatic rings. The second-order valence-corrected chi connectivity index (χ2v) is 4.41. The quantitative estimate of drug-likeness (QED) is 0.686. The highest BCUT2D eigenvalue weighted by atomic mass is 16.1. The van der Waals surface area contributed by atoms with Gasteiger partial charge in [0.2, 0.25) is 5.91 Å². The molecule has 5 nitrogen and oxygen atoms in total. The largest absolute Gasteiger partial charge is 0.366 e. The van der Waals surface area contributed by atoms with E-state index in [2.05, 4.69) is 22.5 Å². The number of nitrogens with one attached hydrogen (secondary N) is 2. The van der Waals surface area contributed by atoms with Crippen LogP contribution >= 0.6 is 0 Å². The van der Waals surface area contributed by atoms with Gasteiger partial charge in [0.1, 0.15) is 5.82 Å². The second-order valence-electron chi connectivity index (χ2n) is 4.41. The van der Waals surface area contributed by atoms with Gasteiger partial charge >= 0.3 is 0 Å². The highest BCUT2D eigenvalue weighted by Gasteiger charge is 2.28. The summed E-state index contributed by atoms with van der Waals surface area (Å²) in [6.07, 6.45) is 2.63. The third-order valence-corrected chi connectivity index (χ3v) is 2.84. The maximum Gasteiger partial charge on any atom is 0.248 e. The lowest BCUT2D eigenvalue weighted by molar-refractivity contribution is 0.1000. The van der Waals surface area contributed by atoms with Gasteiger partial charge in [-0.15, -0.1) is 0 Å². The molecule has 2 heterocycles. The first-order valence-electron chi connectivity index (χ1n) is 5.34. The van der Waals surface area contributed by atoms with Gasteiger partial charge in [-0.25, -0.2) is 4.98 Å². The lowest BCUT2D eigenvalue weighted by Crippen LogP contribution is -2.37. The second kappa shape index (κ2) is 4.09. The van der Waals surface area contributed by atoms with Gasteiger partial charge in [-0.2, -0.15) is 0 Å². The van der Waals surface area contributed by atoms with Gasteiger partial charge in [0, 0.05) is 23.8 Å². The summed E-state index contributed by atoms with van der Waals surface area (Å²) in [4.78, 5) is 15.2. The number of hydrogen-bond donors (Lipinski definition) is 3. The van der Waals surface area contributed by atoms with Gasteiger partial charge in [-0.1, -0.05) is 0 Å². The summed E-state index contributed by atoms with van der Waals surface area (Å²) in [5.74, 6) is 0.266. The summed E-state index contributed by atoms with van der Waals surface area (Å²) in [5, 5.41) is 6.62. The summed E-state index contributed by atoms with van der Waals surface area (Å²) >= 11 is 0. The average Bonchev–Trinajstić information content (AvgIpc) is 2.65. The Hall–Kier alpha value is -1.62. The van der Waals surface area contributed by atoms with Crippen LogP contribution < -0.4 is 16.4 Å². The predicted molar refractivity (Wildman–Crippen MR) is 62.3 cm³/mol. The molecule has 1 aromatic rings. The molecule has 0 spiro atoms. The molecule has 86 valence electrons. The number of amides is 1. The first kappa shape index (κ1) is 10.9. The van der Waals surface area contributed by atoms with Crippen molar-refractivity contribution in [2.75, 3.05) is 18.4 Å². The number of anilines is 1. The van der Waals surface area contributed by atoms with Crippen molar-refractivity contribution in [2.45, 2.75) is 18.9 Å². The Balaban J connectivity index is 2.15. The highest BCUT2D eigenvalue weighted by Crippen LogP contribution is 2.19. The molecule has 0 bridgehead atoms. The molecule has 1 amide bonds. The van der Waals surface area contributed by atoms with E-state index in [0.29, 0.717) is 11.4 Å². The van der Waals surface area contributed by atoms with Crippen LogP contribution in [0.25, 0.3) is 0 Å². The fourth-order valence-electron chi connectivity index (χ4n) is 1.88. The molecule has 0 aromatic carbocycles. The Labute approximate surface area is 94.4 Å². The molecule has 1 aromatic heterocycles. The number of nitrogens with zero attached hydrogens (tertiary/aromatic N) is 1. The number of aromatic nitrogens is 1. The monoisotopic (exact) mass is 220 g/mol. The molecular formula is C11H16N4O. The molecule has 5 heteroatoms. The summed E-state index contributed by atoms with van der Waals surface area (Å²) in [5.41, 5.74) is 5.70. The Morgan fingerprint density at radius 3 is 3.12 bits per heavy atom. The van der Waals surface area contributed by atoms with Crippen molar-refractivity contribution in [3.63, 3.8) is 0 Å². The third kappa shape index (κ3) is 2.30. The Kier molecular flexibility index (Phi) is 2.78. The van der Waals surface area contributed by atoms with Gasteiger partial charge in [0.05, 0.1) is 0 Å². The fraction of sp³-hybridized carbons (Fsp3) is 0.455. The molecule has 1 fully saturated rings. The topological polar surface area (TPSA) is 80.0 Å². The van der Waals surface area contributed by atoms with E-state index in [1.54, 1.807) is 18.3 Å². The third-order valence-electron chi connectivity index (χ3n) is 2.84. The molecule has 1 saturated heterocycles. The fourth-order valence-corrected chi connectivity index (χ4v) is 1.88. The van der Waals surface area contributed by atoms with Crippen molar-refractivity contribution in [1.29, 1.82) is 0 Å². The maximum absolute atomic E-state index is 11.0. The number of carbonyl (C=O) groups is 1. The van der Waals surface area contributed by atoms with E-state index in [4.69, 9.17) is 5.73 Å².